The van der Waals surface area contributed by atoms with E-state index in [0.29, 0.717) is 11.5 Å². The molecule has 0 aliphatic carbocycles. The summed E-state index contributed by atoms with van der Waals surface area (Å²) in [5, 5.41) is 9.45. The lowest BCUT2D eigenvalue weighted by Crippen LogP contribution is -1.99. The van der Waals surface area contributed by atoms with Crippen molar-refractivity contribution in [1.29, 1.82) is 5.26 Å². The van der Waals surface area contributed by atoms with E-state index in [1.54, 1.807) is 14.2 Å². The number of rotatable bonds is 4. The zero-order chi connectivity index (χ0) is 17.3. The van der Waals surface area contributed by atoms with Gasteiger partial charge in [0, 0.05) is 11.8 Å². The van der Waals surface area contributed by atoms with Gasteiger partial charge in [-0.2, -0.15) is 5.26 Å². The van der Waals surface area contributed by atoms with E-state index in [0.717, 1.165) is 28.2 Å². The molecule has 1 aromatic carbocycles. The average molecular weight is 321 g/mol. The van der Waals surface area contributed by atoms with Crippen molar-refractivity contribution in [1.82, 2.24) is 9.38 Å². The van der Waals surface area contributed by atoms with Crippen molar-refractivity contribution in [2.75, 3.05) is 14.2 Å². The SMILES string of the molecule is COc1ccc(-c2nc3c(C)cccn3c2C(C)C#N)cc1OC. The predicted molar refractivity (Wildman–Crippen MR) is 92.5 cm³/mol. The number of aryl methyl sites for hydroxylation is 1. The summed E-state index contributed by atoms with van der Waals surface area (Å²) >= 11 is 0. The van der Waals surface area contributed by atoms with Gasteiger partial charge in [-0.15, -0.1) is 0 Å². The number of nitrogens with zero attached hydrogens (tertiary/aromatic N) is 3. The molecule has 24 heavy (non-hydrogen) atoms. The van der Waals surface area contributed by atoms with Gasteiger partial charge in [-0.25, -0.2) is 4.98 Å². The van der Waals surface area contributed by atoms with Gasteiger partial charge in [-0.05, 0) is 43.7 Å². The Balaban J connectivity index is 2.30. The molecule has 0 N–H and O–H groups in total. The molecule has 3 rings (SSSR count). The summed E-state index contributed by atoms with van der Waals surface area (Å²) in [5.41, 5.74) is 4.49. The number of benzene rings is 1. The van der Waals surface area contributed by atoms with Gasteiger partial charge in [-0.3, -0.25) is 0 Å². The van der Waals surface area contributed by atoms with Crippen LogP contribution in [-0.4, -0.2) is 23.6 Å². The molecule has 2 aromatic heterocycles. The van der Waals surface area contributed by atoms with Gasteiger partial charge in [0.15, 0.2) is 11.5 Å². The fourth-order valence-corrected chi connectivity index (χ4v) is 2.89. The minimum Gasteiger partial charge on any atom is -0.493 e. The van der Waals surface area contributed by atoms with Gasteiger partial charge in [0.05, 0.1) is 37.6 Å². The molecule has 0 saturated carbocycles. The van der Waals surface area contributed by atoms with Crippen molar-refractivity contribution in [3.05, 3.63) is 47.8 Å². The van der Waals surface area contributed by atoms with Crippen LogP contribution < -0.4 is 9.47 Å². The highest BCUT2D eigenvalue weighted by Crippen LogP contribution is 2.36. The van der Waals surface area contributed by atoms with Crippen LogP contribution in [0.1, 0.15) is 24.1 Å². The summed E-state index contributed by atoms with van der Waals surface area (Å²) < 4.78 is 12.7. The van der Waals surface area contributed by atoms with Crippen molar-refractivity contribution in [3.8, 4) is 28.8 Å². The second-order valence-corrected chi connectivity index (χ2v) is 5.65. The van der Waals surface area contributed by atoms with Gasteiger partial charge in [-0.1, -0.05) is 6.07 Å². The van der Waals surface area contributed by atoms with Crippen molar-refractivity contribution in [2.45, 2.75) is 19.8 Å². The first-order valence-corrected chi connectivity index (χ1v) is 7.70. The molecule has 0 aliphatic heterocycles. The van der Waals surface area contributed by atoms with Crippen LogP contribution in [0.2, 0.25) is 0 Å². The molecule has 0 aliphatic rings. The monoisotopic (exact) mass is 321 g/mol. The zero-order valence-corrected chi connectivity index (χ0v) is 14.2. The second kappa shape index (κ2) is 6.25. The van der Waals surface area contributed by atoms with E-state index in [9.17, 15) is 5.26 Å². The number of pyridine rings is 1. The van der Waals surface area contributed by atoms with Crippen LogP contribution in [0.15, 0.2) is 36.5 Å². The van der Waals surface area contributed by atoms with Gasteiger partial charge < -0.3 is 13.9 Å². The molecule has 1 unspecified atom stereocenters. The molecule has 5 heteroatoms. The number of ether oxygens (including phenoxy) is 2. The molecule has 0 fully saturated rings. The molecule has 0 amide bonds. The smallest absolute Gasteiger partial charge is 0.161 e. The Morgan fingerprint density at radius 1 is 1.17 bits per heavy atom. The van der Waals surface area contributed by atoms with E-state index < -0.39 is 0 Å². The van der Waals surface area contributed by atoms with Crippen LogP contribution in [0.4, 0.5) is 0 Å². The Labute approximate surface area is 141 Å². The Kier molecular flexibility index (Phi) is 4.13. The van der Waals surface area contributed by atoms with Crippen LogP contribution in [0.3, 0.4) is 0 Å². The third-order valence-electron chi connectivity index (χ3n) is 4.14. The second-order valence-electron chi connectivity index (χ2n) is 5.65. The van der Waals surface area contributed by atoms with Crippen LogP contribution >= 0.6 is 0 Å². The lowest BCUT2D eigenvalue weighted by Gasteiger charge is -2.10. The van der Waals surface area contributed by atoms with Crippen LogP contribution in [0, 0.1) is 18.3 Å². The molecule has 0 saturated heterocycles. The molecule has 0 bridgehead atoms. The number of imidazole rings is 1. The van der Waals surface area contributed by atoms with E-state index >= 15 is 0 Å². The third-order valence-corrected chi connectivity index (χ3v) is 4.14. The van der Waals surface area contributed by atoms with Crippen LogP contribution in [0.25, 0.3) is 16.9 Å². The van der Waals surface area contributed by atoms with E-state index in [1.807, 2.05) is 54.8 Å². The first kappa shape index (κ1) is 15.9. The molecule has 1 atom stereocenters. The molecule has 5 nitrogen and oxygen atoms in total. The lowest BCUT2D eigenvalue weighted by atomic mass is 10.0. The topological polar surface area (TPSA) is 59.5 Å². The van der Waals surface area contributed by atoms with E-state index in [1.165, 1.54) is 0 Å². The third kappa shape index (κ3) is 2.46. The summed E-state index contributed by atoms with van der Waals surface area (Å²) in [6, 6.07) is 12.0. The lowest BCUT2D eigenvalue weighted by molar-refractivity contribution is 0.355. The number of fused-ring (bicyclic) bond motifs is 1. The molecule has 2 heterocycles. The molecule has 0 radical (unpaired) electrons. The molecular formula is C19H19N3O2. The molecule has 122 valence electrons. The summed E-state index contributed by atoms with van der Waals surface area (Å²) in [5.74, 6) is 1.01. The quantitative estimate of drug-likeness (QED) is 0.730. The van der Waals surface area contributed by atoms with Crippen LogP contribution in [0.5, 0.6) is 11.5 Å². The van der Waals surface area contributed by atoms with Crippen molar-refractivity contribution >= 4 is 5.65 Å². The van der Waals surface area contributed by atoms with Gasteiger partial charge in [0.1, 0.15) is 5.65 Å². The van der Waals surface area contributed by atoms with E-state index in [4.69, 9.17) is 14.5 Å². The highest BCUT2D eigenvalue weighted by molar-refractivity contribution is 5.71. The molecular weight excluding hydrogens is 302 g/mol. The number of hydrogen-bond acceptors (Lipinski definition) is 4. The van der Waals surface area contributed by atoms with Crippen molar-refractivity contribution in [3.63, 3.8) is 0 Å². The van der Waals surface area contributed by atoms with E-state index in [2.05, 4.69) is 6.07 Å². The first-order chi connectivity index (χ1) is 11.6. The largest absolute Gasteiger partial charge is 0.493 e. The Bertz CT molecular complexity index is 938. The first-order valence-electron chi connectivity index (χ1n) is 7.70. The van der Waals surface area contributed by atoms with Gasteiger partial charge in [0.2, 0.25) is 0 Å². The summed E-state index contributed by atoms with van der Waals surface area (Å²) in [4.78, 5) is 4.80. The Morgan fingerprint density at radius 3 is 2.58 bits per heavy atom. The maximum Gasteiger partial charge on any atom is 0.161 e. The fourth-order valence-electron chi connectivity index (χ4n) is 2.89. The number of nitriles is 1. The molecule has 3 aromatic rings. The van der Waals surface area contributed by atoms with Crippen molar-refractivity contribution in [2.24, 2.45) is 0 Å². The highest BCUT2D eigenvalue weighted by atomic mass is 16.5. The number of hydrogen-bond donors (Lipinski definition) is 0. The zero-order valence-electron chi connectivity index (χ0n) is 14.2. The van der Waals surface area contributed by atoms with Gasteiger partial charge >= 0.3 is 0 Å². The summed E-state index contributed by atoms with van der Waals surface area (Å²) in [6.07, 6.45) is 1.95. The predicted octanol–water partition coefficient (Wildman–Crippen LogP) is 3.95. The summed E-state index contributed by atoms with van der Waals surface area (Å²) in [7, 11) is 3.21. The standard InChI is InChI=1S/C19H19N3O2/c1-12-6-5-9-22-18(13(2)11-20)17(21-19(12)22)14-7-8-15(23-3)16(10-14)24-4/h5-10,13H,1-4H3. The van der Waals surface area contributed by atoms with Crippen molar-refractivity contribution < 1.29 is 9.47 Å². The molecule has 0 spiro atoms. The van der Waals surface area contributed by atoms with Gasteiger partial charge in [0.25, 0.3) is 0 Å². The minimum atomic E-state index is -0.287. The number of aromatic nitrogens is 2. The maximum absolute atomic E-state index is 9.45. The average Bonchev–Trinajstić information content (AvgIpc) is 3.01. The van der Waals surface area contributed by atoms with E-state index in [-0.39, 0.29) is 5.92 Å². The highest BCUT2D eigenvalue weighted by Gasteiger charge is 2.21. The minimum absolute atomic E-state index is 0.287. The Hall–Kier alpha value is -3.00. The fraction of sp³-hybridized carbons (Fsp3) is 0.263. The Morgan fingerprint density at radius 2 is 1.92 bits per heavy atom. The number of methoxy groups -OCH3 is 2. The van der Waals surface area contributed by atoms with Crippen LogP contribution in [-0.2, 0) is 0 Å². The maximum atomic E-state index is 9.45. The summed E-state index contributed by atoms with van der Waals surface area (Å²) in [6.45, 7) is 3.90. The normalized spacial score (nSPS) is 12.0.